The third kappa shape index (κ3) is 0.969. The van der Waals surface area contributed by atoms with Crippen LogP contribution in [0.4, 0.5) is 5.69 Å². The van der Waals surface area contributed by atoms with E-state index in [4.69, 9.17) is 0 Å². The molecule has 3 rings (SSSR count). The van der Waals surface area contributed by atoms with Gasteiger partial charge in [-0.3, -0.25) is 9.59 Å². The molecule has 1 aliphatic rings. The second kappa shape index (κ2) is 2.60. The van der Waals surface area contributed by atoms with E-state index in [2.05, 4.69) is 15.3 Å². The lowest BCUT2D eigenvalue weighted by atomic mass is 10.1. The number of hydrogen-bond acceptors (Lipinski definition) is 4. The van der Waals surface area contributed by atoms with Crippen molar-refractivity contribution in [2.75, 3.05) is 5.32 Å². The predicted molar refractivity (Wildman–Crippen MR) is 52.5 cm³/mol. The maximum Gasteiger partial charge on any atom is 0.296 e. The number of rotatable bonds is 0. The summed E-state index contributed by atoms with van der Waals surface area (Å²) in [7, 11) is 0. The highest BCUT2D eigenvalue weighted by Gasteiger charge is 2.29. The van der Waals surface area contributed by atoms with Crippen LogP contribution in [0.3, 0.4) is 0 Å². The number of fused-ring (bicyclic) bond motifs is 3. The molecule has 1 aromatic heterocycles. The fourth-order valence-electron chi connectivity index (χ4n) is 1.67. The van der Waals surface area contributed by atoms with Crippen molar-refractivity contribution >= 4 is 28.3 Å². The second-order valence-corrected chi connectivity index (χ2v) is 3.23. The highest BCUT2D eigenvalue weighted by Crippen LogP contribution is 2.30. The molecular formula is C10H5N3O2. The number of Topliss-reactive ketones (excluding diaryl/α,β-unsaturated/α-hetero) is 1. The van der Waals surface area contributed by atoms with Gasteiger partial charge in [0.2, 0.25) is 0 Å². The fourth-order valence-corrected chi connectivity index (χ4v) is 1.67. The third-order valence-corrected chi connectivity index (χ3v) is 2.38. The number of hydrogen-bond donors (Lipinski definition) is 1. The zero-order valence-electron chi connectivity index (χ0n) is 7.52. The molecule has 2 heterocycles. The van der Waals surface area contributed by atoms with E-state index >= 15 is 0 Å². The summed E-state index contributed by atoms with van der Waals surface area (Å²) in [5.74, 6) is -1.10. The van der Waals surface area contributed by atoms with Gasteiger partial charge in [-0.05, 0) is 12.1 Å². The minimum Gasteiger partial charge on any atom is -0.318 e. The number of nitrogens with zero attached hydrogens (tertiary/aromatic N) is 2. The molecule has 1 amide bonds. The van der Waals surface area contributed by atoms with Gasteiger partial charge in [-0.1, -0.05) is 0 Å². The third-order valence-electron chi connectivity index (χ3n) is 2.38. The quantitative estimate of drug-likeness (QED) is 0.636. The average molecular weight is 199 g/mol. The van der Waals surface area contributed by atoms with Gasteiger partial charge in [0.25, 0.3) is 11.7 Å². The first kappa shape index (κ1) is 8.05. The normalized spacial score (nSPS) is 14.1. The van der Waals surface area contributed by atoms with Crippen molar-refractivity contribution in [2.24, 2.45) is 0 Å². The molecular weight excluding hydrogens is 194 g/mol. The first-order valence-corrected chi connectivity index (χ1v) is 4.36. The number of anilines is 1. The van der Waals surface area contributed by atoms with Gasteiger partial charge in [0.05, 0.1) is 16.8 Å². The summed E-state index contributed by atoms with van der Waals surface area (Å²) in [4.78, 5) is 30.5. The van der Waals surface area contributed by atoms with Gasteiger partial charge in [-0.15, -0.1) is 0 Å². The van der Waals surface area contributed by atoms with Crippen LogP contribution in [0, 0.1) is 0 Å². The van der Waals surface area contributed by atoms with Crippen LogP contribution in [0.1, 0.15) is 10.4 Å². The van der Waals surface area contributed by atoms with Gasteiger partial charge >= 0.3 is 0 Å². The molecule has 5 heteroatoms. The van der Waals surface area contributed by atoms with Crippen LogP contribution in [0.5, 0.6) is 0 Å². The first-order chi connectivity index (χ1) is 7.27. The maximum atomic E-state index is 11.4. The highest BCUT2D eigenvalue weighted by atomic mass is 16.2. The average Bonchev–Trinajstić information content (AvgIpc) is 2.56. The summed E-state index contributed by atoms with van der Waals surface area (Å²) in [6.45, 7) is 0. The molecule has 0 unspecified atom stereocenters. The number of amides is 1. The first-order valence-electron chi connectivity index (χ1n) is 4.36. The van der Waals surface area contributed by atoms with Crippen molar-refractivity contribution in [1.82, 2.24) is 9.97 Å². The molecule has 72 valence electrons. The predicted octanol–water partition coefficient (Wildman–Crippen LogP) is 0.765. The van der Waals surface area contributed by atoms with Crippen molar-refractivity contribution < 1.29 is 9.59 Å². The van der Waals surface area contributed by atoms with Crippen LogP contribution >= 0.6 is 0 Å². The van der Waals surface area contributed by atoms with Crippen molar-refractivity contribution in [3.05, 3.63) is 30.2 Å². The van der Waals surface area contributed by atoms with Gasteiger partial charge in [-0.2, -0.15) is 0 Å². The second-order valence-electron chi connectivity index (χ2n) is 3.23. The van der Waals surface area contributed by atoms with Crippen LogP contribution in [-0.2, 0) is 4.79 Å². The number of benzene rings is 1. The minimum absolute atomic E-state index is 0.391. The zero-order valence-corrected chi connectivity index (χ0v) is 7.52. The monoisotopic (exact) mass is 199 g/mol. The molecule has 15 heavy (non-hydrogen) atoms. The van der Waals surface area contributed by atoms with Gasteiger partial charge < -0.3 is 5.32 Å². The van der Waals surface area contributed by atoms with Crippen molar-refractivity contribution in [2.45, 2.75) is 0 Å². The topological polar surface area (TPSA) is 72.0 Å². The lowest BCUT2D eigenvalue weighted by Crippen LogP contribution is -2.12. The van der Waals surface area contributed by atoms with E-state index < -0.39 is 11.7 Å². The van der Waals surface area contributed by atoms with Gasteiger partial charge in [0, 0.05) is 11.6 Å². The summed E-state index contributed by atoms with van der Waals surface area (Å²) >= 11 is 0. The smallest absolute Gasteiger partial charge is 0.296 e. The Kier molecular flexibility index (Phi) is 1.39. The molecule has 0 atom stereocenters. The fraction of sp³-hybridized carbons (Fsp3) is 0. The van der Waals surface area contributed by atoms with Gasteiger partial charge in [0.1, 0.15) is 6.33 Å². The number of aromatic nitrogens is 2. The number of carbonyl (C=O) groups excluding carboxylic acids is 2. The Morgan fingerprint density at radius 3 is 2.93 bits per heavy atom. The Bertz CT molecular complexity index is 607. The maximum absolute atomic E-state index is 11.4. The number of nitrogens with one attached hydrogen (secondary N) is 1. The molecule has 1 aliphatic heterocycles. The van der Waals surface area contributed by atoms with Crippen LogP contribution < -0.4 is 5.32 Å². The SMILES string of the molecule is O=C1Nc2c(ccc3ncncc23)C1=O. The summed E-state index contributed by atoms with van der Waals surface area (Å²) in [5, 5.41) is 3.21. The van der Waals surface area contributed by atoms with Gasteiger partial charge in [-0.25, -0.2) is 9.97 Å². The van der Waals surface area contributed by atoms with Crippen LogP contribution in [-0.4, -0.2) is 21.7 Å². The molecule has 1 aromatic carbocycles. The molecule has 5 nitrogen and oxygen atoms in total. The largest absolute Gasteiger partial charge is 0.318 e. The van der Waals surface area contributed by atoms with Crippen LogP contribution in [0.2, 0.25) is 0 Å². The van der Waals surface area contributed by atoms with Crippen molar-refractivity contribution in [3.63, 3.8) is 0 Å². The lowest BCUT2D eigenvalue weighted by Gasteiger charge is -2.01. The van der Waals surface area contributed by atoms with Gasteiger partial charge in [0.15, 0.2) is 0 Å². The standard InChI is InChI=1S/C10H5N3O2/c14-9-5-1-2-7-6(3-11-4-12-7)8(5)13-10(9)15/h1-4H,(H,13,14,15). The number of ketones is 1. The van der Waals surface area contributed by atoms with E-state index in [1.165, 1.54) is 6.33 Å². The van der Waals surface area contributed by atoms with E-state index in [1.807, 2.05) is 0 Å². The molecule has 1 N–H and O–H groups in total. The lowest BCUT2D eigenvalue weighted by molar-refractivity contribution is -0.112. The molecule has 0 bridgehead atoms. The molecule has 0 spiro atoms. The van der Waals surface area contributed by atoms with E-state index in [0.29, 0.717) is 22.2 Å². The van der Waals surface area contributed by atoms with Crippen molar-refractivity contribution in [1.29, 1.82) is 0 Å². The van der Waals surface area contributed by atoms with E-state index in [9.17, 15) is 9.59 Å². The van der Waals surface area contributed by atoms with E-state index in [1.54, 1.807) is 18.3 Å². The Balaban J connectivity index is 2.43. The molecule has 2 aromatic rings. The molecule has 0 radical (unpaired) electrons. The van der Waals surface area contributed by atoms with Crippen molar-refractivity contribution in [3.8, 4) is 0 Å². The number of carbonyl (C=O) groups is 2. The van der Waals surface area contributed by atoms with E-state index in [0.717, 1.165) is 0 Å². The minimum atomic E-state index is -0.596. The van der Waals surface area contributed by atoms with E-state index in [-0.39, 0.29) is 0 Å². The Morgan fingerprint density at radius 1 is 1.20 bits per heavy atom. The van der Waals surface area contributed by atoms with Crippen LogP contribution in [0.25, 0.3) is 10.9 Å². The Hall–Kier alpha value is -2.30. The Labute approximate surface area is 84.1 Å². The summed E-state index contributed by atoms with van der Waals surface area (Å²) in [6.07, 6.45) is 3.01. The summed E-state index contributed by atoms with van der Waals surface area (Å²) < 4.78 is 0. The highest BCUT2D eigenvalue weighted by molar-refractivity contribution is 6.52. The molecule has 0 aliphatic carbocycles. The summed E-state index contributed by atoms with van der Waals surface area (Å²) in [6, 6.07) is 3.30. The molecule has 0 saturated carbocycles. The summed E-state index contributed by atoms with van der Waals surface area (Å²) in [5.41, 5.74) is 1.61. The molecule has 0 saturated heterocycles. The molecule has 0 fully saturated rings. The zero-order chi connectivity index (χ0) is 10.4. The van der Waals surface area contributed by atoms with Crippen LogP contribution in [0.15, 0.2) is 24.7 Å². The Morgan fingerprint density at radius 2 is 2.07 bits per heavy atom.